The summed E-state index contributed by atoms with van der Waals surface area (Å²) in [5.41, 5.74) is 2.85. The molecule has 3 aromatic rings. The number of hydrogen-bond donors (Lipinski definition) is 2. The number of benzene rings is 2. The van der Waals surface area contributed by atoms with Gasteiger partial charge in [0.1, 0.15) is 5.82 Å². The van der Waals surface area contributed by atoms with Gasteiger partial charge in [-0.15, -0.1) is 0 Å². The lowest BCUT2D eigenvalue weighted by molar-refractivity contribution is 0.102. The second-order valence-electron chi connectivity index (χ2n) is 5.26. The molecule has 0 aliphatic heterocycles. The molecule has 0 atom stereocenters. The van der Waals surface area contributed by atoms with Crippen LogP contribution in [-0.2, 0) is 6.54 Å². The van der Waals surface area contributed by atoms with Crippen molar-refractivity contribution in [3.8, 4) is 0 Å². The molecular formula is C19H16FN3O. The van der Waals surface area contributed by atoms with Crippen LogP contribution in [0.15, 0.2) is 73.1 Å². The highest BCUT2D eigenvalue weighted by Crippen LogP contribution is 2.14. The Morgan fingerprint density at radius 2 is 1.71 bits per heavy atom. The first-order chi connectivity index (χ1) is 11.7. The van der Waals surface area contributed by atoms with Crippen molar-refractivity contribution < 1.29 is 9.18 Å². The minimum absolute atomic E-state index is 0.294. The van der Waals surface area contributed by atoms with Gasteiger partial charge in [0.2, 0.25) is 0 Å². The maximum absolute atomic E-state index is 12.9. The molecule has 1 amide bonds. The highest BCUT2D eigenvalue weighted by molar-refractivity contribution is 6.04. The molecule has 3 rings (SSSR count). The van der Waals surface area contributed by atoms with Crippen LogP contribution in [0.2, 0.25) is 0 Å². The summed E-state index contributed by atoms with van der Waals surface area (Å²) in [5.74, 6) is -0.640. The average Bonchev–Trinajstić information content (AvgIpc) is 2.63. The van der Waals surface area contributed by atoms with E-state index in [1.807, 2.05) is 30.3 Å². The van der Waals surface area contributed by atoms with Gasteiger partial charge in [-0.25, -0.2) is 4.39 Å². The summed E-state index contributed by atoms with van der Waals surface area (Å²) in [7, 11) is 0. The zero-order valence-electron chi connectivity index (χ0n) is 12.9. The minimum Gasteiger partial charge on any atom is -0.380 e. The van der Waals surface area contributed by atoms with Crippen LogP contribution in [0.1, 0.15) is 15.9 Å². The minimum atomic E-state index is -0.346. The number of rotatable bonds is 5. The van der Waals surface area contributed by atoms with Crippen molar-refractivity contribution in [3.63, 3.8) is 0 Å². The van der Waals surface area contributed by atoms with E-state index in [0.29, 0.717) is 17.8 Å². The van der Waals surface area contributed by atoms with Crippen molar-refractivity contribution in [1.82, 2.24) is 4.98 Å². The summed E-state index contributed by atoms with van der Waals surface area (Å²) in [5, 5.41) is 5.95. The molecule has 2 N–H and O–H groups in total. The first-order valence-corrected chi connectivity index (χ1v) is 7.50. The number of pyridine rings is 1. The third-order valence-corrected chi connectivity index (χ3v) is 3.44. The van der Waals surface area contributed by atoms with Crippen LogP contribution in [0, 0.1) is 5.82 Å². The topological polar surface area (TPSA) is 54.0 Å². The lowest BCUT2D eigenvalue weighted by atomic mass is 10.2. The smallest absolute Gasteiger partial charge is 0.257 e. The highest BCUT2D eigenvalue weighted by Gasteiger charge is 2.08. The van der Waals surface area contributed by atoms with Crippen LogP contribution in [0.25, 0.3) is 0 Å². The summed E-state index contributed by atoms with van der Waals surface area (Å²) in [6, 6.07) is 17.3. The monoisotopic (exact) mass is 321 g/mol. The van der Waals surface area contributed by atoms with Crippen LogP contribution in [0.5, 0.6) is 0 Å². The van der Waals surface area contributed by atoms with Crippen LogP contribution < -0.4 is 10.6 Å². The number of halogens is 1. The first kappa shape index (κ1) is 15.7. The third kappa shape index (κ3) is 4.16. The molecule has 4 nitrogen and oxygen atoms in total. The fourth-order valence-corrected chi connectivity index (χ4v) is 2.20. The number of anilines is 2. The molecule has 2 aromatic carbocycles. The fourth-order valence-electron chi connectivity index (χ4n) is 2.20. The summed E-state index contributed by atoms with van der Waals surface area (Å²) in [6.45, 7) is 0.644. The first-order valence-electron chi connectivity index (χ1n) is 7.50. The molecule has 1 heterocycles. The molecule has 0 saturated heterocycles. The van der Waals surface area contributed by atoms with Crippen LogP contribution in [0.3, 0.4) is 0 Å². The van der Waals surface area contributed by atoms with Crippen molar-refractivity contribution in [2.45, 2.75) is 6.54 Å². The van der Waals surface area contributed by atoms with Crippen molar-refractivity contribution in [3.05, 3.63) is 90.0 Å². The summed E-state index contributed by atoms with van der Waals surface area (Å²) >= 11 is 0. The number of hydrogen-bond acceptors (Lipinski definition) is 3. The summed E-state index contributed by atoms with van der Waals surface area (Å²) in [4.78, 5) is 16.3. The summed E-state index contributed by atoms with van der Waals surface area (Å²) < 4.78 is 12.9. The molecule has 0 unspecified atom stereocenters. The van der Waals surface area contributed by atoms with Gasteiger partial charge in [-0.2, -0.15) is 0 Å². The van der Waals surface area contributed by atoms with Gasteiger partial charge in [0.05, 0.1) is 11.3 Å². The number of amides is 1. The Morgan fingerprint density at radius 1 is 0.958 bits per heavy atom. The Morgan fingerprint density at radius 3 is 2.46 bits per heavy atom. The van der Waals surface area contributed by atoms with Gasteiger partial charge in [0.25, 0.3) is 5.91 Å². The third-order valence-electron chi connectivity index (χ3n) is 3.44. The van der Waals surface area contributed by atoms with Gasteiger partial charge >= 0.3 is 0 Å². The maximum atomic E-state index is 12.9. The normalized spacial score (nSPS) is 10.2. The number of carbonyl (C=O) groups excluding carboxylic acids is 1. The van der Waals surface area contributed by atoms with Gasteiger partial charge in [-0.05, 0) is 35.9 Å². The number of nitrogens with zero attached hydrogens (tertiary/aromatic N) is 1. The van der Waals surface area contributed by atoms with E-state index in [4.69, 9.17) is 0 Å². The van der Waals surface area contributed by atoms with Gasteiger partial charge < -0.3 is 10.6 Å². The molecule has 0 bridgehead atoms. The van der Waals surface area contributed by atoms with Crippen molar-refractivity contribution in [1.29, 1.82) is 0 Å². The highest BCUT2D eigenvalue weighted by atomic mass is 19.1. The van der Waals surface area contributed by atoms with Crippen LogP contribution >= 0.6 is 0 Å². The van der Waals surface area contributed by atoms with Gasteiger partial charge in [-0.1, -0.05) is 30.3 Å². The van der Waals surface area contributed by atoms with E-state index in [2.05, 4.69) is 15.6 Å². The Labute approximate surface area is 139 Å². The molecule has 5 heteroatoms. The van der Waals surface area contributed by atoms with Crippen molar-refractivity contribution >= 4 is 17.3 Å². The SMILES string of the molecule is O=C(Nc1ccc(F)cc1)c1cncc(NCc2ccccc2)c1. The number of aromatic nitrogens is 1. The van der Waals surface area contributed by atoms with Gasteiger partial charge in [0, 0.05) is 24.6 Å². The Kier molecular flexibility index (Phi) is 4.81. The average molecular weight is 321 g/mol. The molecule has 24 heavy (non-hydrogen) atoms. The second-order valence-corrected chi connectivity index (χ2v) is 5.26. The Bertz CT molecular complexity index is 820. The molecule has 0 spiro atoms. The standard InChI is InChI=1S/C19H16FN3O/c20-16-6-8-17(9-7-16)23-19(24)15-10-18(13-21-12-15)22-11-14-4-2-1-3-5-14/h1-10,12-13,22H,11H2,(H,23,24). The van der Waals surface area contributed by atoms with Crippen LogP contribution in [-0.4, -0.2) is 10.9 Å². The van der Waals surface area contributed by atoms with E-state index in [9.17, 15) is 9.18 Å². The molecule has 0 radical (unpaired) electrons. The van der Waals surface area contributed by atoms with E-state index in [1.54, 1.807) is 12.3 Å². The molecule has 0 saturated carbocycles. The maximum Gasteiger partial charge on any atom is 0.257 e. The van der Waals surface area contributed by atoms with E-state index < -0.39 is 0 Å². The summed E-state index contributed by atoms with van der Waals surface area (Å²) in [6.07, 6.45) is 3.16. The second kappa shape index (κ2) is 7.37. The largest absolute Gasteiger partial charge is 0.380 e. The Hall–Kier alpha value is -3.21. The lowest BCUT2D eigenvalue weighted by Crippen LogP contribution is -2.12. The number of carbonyl (C=O) groups is 1. The quantitative estimate of drug-likeness (QED) is 0.744. The van der Waals surface area contributed by atoms with Gasteiger partial charge in [0.15, 0.2) is 0 Å². The molecule has 120 valence electrons. The van der Waals surface area contributed by atoms with Crippen molar-refractivity contribution in [2.24, 2.45) is 0 Å². The zero-order valence-corrected chi connectivity index (χ0v) is 12.9. The van der Waals surface area contributed by atoms with Gasteiger partial charge in [-0.3, -0.25) is 9.78 Å². The van der Waals surface area contributed by atoms with Crippen LogP contribution in [0.4, 0.5) is 15.8 Å². The van der Waals surface area contributed by atoms with Crippen molar-refractivity contribution in [2.75, 3.05) is 10.6 Å². The lowest BCUT2D eigenvalue weighted by Gasteiger charge is -2.09. The Balaban J connectivity index is 1.65. The van der Waals surface area contributed by atoms with E-state index in [1.165, 1.54) is 30.5 Å². The fraction of sp³-hybridized carbons (Fsp3) is 0.0526. The van der Waals surface area contributed by atoms with E-state index >= 15 is 0 Å². The zero-order chi connectivity index (χ0) is 16.8. The predicted octanol–water partition coefficient (Wildman–Crippen LogP) is 4.09. The molecule has 0 aliphatic carbocycles. The molecule has 1 aromatic heterocycles. The van der Waals surface area contributed by atoms with E-state index in [0.717, 1.165) is 11.3 Å². The molecule has 0 fully saturated rings. The molecular weight excluding hydrogens is 305 g/mol. The predicted molar refractivity (Wildman–Crippen MR) is 92.4 cm³/mol. The number of nitrogens with one attached hydrogen (secondary N) is 2. The van der Waals surface area contributed by atoms with E-state index in [-0.39, 0.29) is 11.7 Å². The molecule has 0 aliphatic rings.